The minimum Gasteiger partial charge on any atom is -0.481 e. The lowest BCUT2D eigenvalue weighted by molar-refractivity contribution is -0.133. The molecule has 0 atom stereocenters. The van der Waals surface area contributed by atoms with Gasteiger partial charge in [-0.25, -0.2) is 9.89 Å². The van der Waals surface area contributed by atoms with E-state index in [9.17, 15) is 14.4 Å². The number of thioether (sulfide) groups is 1. The van der Waals surface area contributed by atoms with Gasteiger partial charge >= 0.3 is 11.7 Å². The van der Waals surface area contributed by atoms with Gasteiger partial charge in [-0.15, -0.1) is 5.10 Å². The van der Waals surface area contributed by atoms with Crippen LogP contribution in [-0.2, 0) is 16.1 Å². The summed E-state index contributed by atoms with van der Waals surface area (Å²) in [5.41, 5.74) is 4.32. The average molecular weight is 232 g/mol. The number of aromatic amines is 1. The highest BCUT2D eigenvalue weighted by Crippen LogP contribution is 2.11. The molecule has 0 unspecified atom stereocenters. The quantitative estimate of drug-likeness (QED) is 0.515. The van der Waals surface area contributed by atoms with Gasteiger partial charge in [0, 0.05) is 0 Å². The van der Waals surface area contributed by atoms with Gasteiger partial charge in [-0.3, -0.25) is 14.2 Å². The maximum atomic E-state index is 11.1. The van der Waals surface area contributed by atoms with Crippen LogP contribution >= 0.6 is 11.8 Å². The van der Waals surface area contributed by atoms with Gasteiger partial charge in [0.1, 0.15) is 6.54 Å². The Hall–Kier alpha value is -1.77. The zero-order chi connectivity index (χ0) is 11.4. The fourth-order valence-corrected chi connectivity index (χ4v) is 1.50. The van der Waals surface area contributed by atoms with E-state index < -0.39 is 17.6 Å². The first-order chi connectivity index (χ1) is 7.00. The molecule has 0 saturated carbocycles. The fraction of sp³-hybridized carbons (Fsp3) is 0.333. The number of nitrogens with two attached hydrogens (primary N) is 1. The van der Waals surface area contributed by atoms with E-state index in [0.29, 0.717) is 0 Å². The molecule has 4 N–H and O–H groups in total. The molecule has 0 bridgehead atoms. The van der Waals surface area contributed by atoms with Gasteiger partial charge in [0.15, 0.2) is 5.16 Å². The number of rotatable bonds is 5. The predicted molar refractivity (Wildman–Crippen MR) is 50.4 cm³/mol. The highest BCUT2D eigenvalue weighted by molar-refractivity contribution is 7.99. The summed E-state index contributed by atoms with van der Waals surface area (Å²) in [6, 6.07) is 0. The van der Waals surface area contributed by atoms with Crippen LogP contribution in [0.5, 0.6) is 0 Å². The molecule has 0 fully saturated rings. The lowest BCUT2D eigenvalue weighted by Crippen LogP contribution is -2.26. The molecular formula is C6H8N4O4S. The summed E-state index contributed by atoms with van der Waals surface area (Å²) >= 11 is 0.831. The first-order valence-corrected chi connectivity index (χ1v) is 4.77. The monoisotopic (exact) mass is 232 g/mol. The van der Waals surface area contributed by atoms with Gasteiger partial charge in [0.25, 0.3) is 0 Å². The predicted octanol–water partition coefficient (Wildman–Crippen LogP) is -1.77. The van der Waals surface area contributed by atoms with Crippen molar-refractivity contribution >= 4 is 23.6 Å². The van der Waals surface area contributed by atoms with Crippen LogP contribution in [0.4, 0.5) is 0 Å². The number of amides is 1. The topological polar surface area (TPSA) is 131 Å². The van der Waals surface area contributed by atoms with Crippen LogP contribution in [0.25, 0.3) is 0 Å². The molecule has 0 aliphatic heterocycles. The second kappa shape index (κ2) is 4.64. The first-order valence-electron chi connectivity index (χ1n) is 3.79. The summed E-state index contributed by atoms with van der Waals surface area (Å²) in [4.78, 5) is 32.0. The Morgan fingerprint density at radius 1 is 1.60 bits per heavy atom. The maximum Gasteiger partial charge on any atom is 0.344 e. The average Bonchev–Trinajstić information content (AvgIpc) is 2.44. The highest BCUT2D eigenvalue weighted by Gasteiger charge is 2.12. The number of H-pyrrole nitrogens is 1. The smallest absolute Gasteiger partial charge is 0.344 e. The number of primary amides is 1. The standard InChI is InChI=1S/C6H8N4O4S/c7-3(11)1-10-5(14)8-9-6(10)15-2-4(12)13/h1-2H2,(H2,7,11)(H,8,14)(H,12,13). The minimum absolute atomic E-state index is 0.126. The lowest BCUT2D eigenvalue weighted by atomic mass is 10.6. The Balaban J connectivity index is 2.83. The number of carboxylic acids is 1. The van der Waals surface area contributed by atoms with Crippen LogP contribution in [0.15, 0.2) is 9.95 Å². The van der Waals surface area contributed by atoms with E-state index in [4.69, 9.17) is 10.8 Å². The number of nitrogens with one attached hydrogen (secondary N) is 1. The molecule has 0 spiro atoms. The minimum atomic E-state index is -1.04. The van der Waals surface area contributed by atoms with Gasteiger partial charge in [-0.1, -0.05) is 11.8 Å². The molecule has 1 aromatic heterocycles. The number of carbonyl (C=O) groups excluding carboxylic acids is 1. The number of aliphatic carboxylic acids is 1. The number of aromatic nitrogens is 3. The van der Waals surface area contributed by atoms with Crippen molar-refractivity contribution < 1.29 is 14.7 Å². The van der Waals surface area contributed by atoms with Crippen LogP contribution < -0.4 is 11.4 Å². The van der Waals surface area contributed by atoms with E-state index in [0.717, 1.165) is 16.3 Å². The van der Waals surface area contributed by atoms with Crippen LogP contribution in [0.1, 0.15) is 0 Å². The molecule has 15 heavy (non-hydrogen) atoms. The van der Waals surface area contributed by atoms with Gasteiger partial charge < -0.3 is 10.8 Å². The van der Waals surface area contributed by atoms with Crippen LogP contribution in [0.3, 0.4) is 0 Å². The summed E-state index contributed by atoms with van der Waals surface area (Å²) in [6.45, 7) is -0.322. The molecule has 1 amide bonds. The molecule has 1 aromatic rings. The molecule has 0 aromatic carbocycles. The number of hydrogen-bond acceptors (Lipinski definition) is 5. The van der Waals surface area contributed by atoms with Crippen LogP contribution in [0, 0.1) is 0 Å². The summed E-state index contributed by atoms with van der Waals surface area (Å²) in [5, 5.41) is 14.2. The van der Waals surface area contributed by atoms with Crippen molar-refractivity contribution in [2.75, 3.05) is 5.75 Å². The fourth-order valence-electron chi connectivity index (χ4n) is 0.835. The number of nitrogens with zero attached hydrogens (tertiary/aromatic N) is 2. The Kier molecular flexibility index (Phi) is 3.50. The summed E-state index contributed by atoms with van der Waals surface area (Å²) in [7, 11) is 0. The van der Waals surface area contributed by atoms with E-state index in [1.807, 2.05) is 0 Å². The van der Waals surface area contributed by atoms with Crippen molar-refractivity contribution in [3.63, 3.8) is 0 Å². The normalized spacial score (nSPS) is 10.1. The SMILES string of the molecule is NC(=O)Cn1c(SCC(=O)O)n[nH]c1=O. The van der Waals surface area contributed by atoms with E-state index >= 15 is 0 Å². The second-order valence-electron chi connectivity index (χ2n) is 2.55. The van der Waals surface area contributed by atoms with Crippen molar-refractivity contribution in [3.05, 3.63) is 10.5 Å². The van der Waals surface area contributed by atoms with Crippen LogP contribution in [-0.4, -0.2) is 37.5 Å². The molecule has 0 aliphatic carbocycles. The lowest BCUT2D eigenvalue weighted by Gasteiger charge is -2.00. The Bertz CT molecular complexity index is 437. The number of carboxylic acid groups (broad SMARTS) is 1. The maximum absolute atomic E-state index is 11.1. The number of carbonyl (C=O) groups is 2. The molecule has 0 aliphatic rings. The number of hydrogen-bond donors (Lipinski definition) is 3. The van der Waals surface area contributed by atoms with Gasteiger partial charge in [0.05, 0.1) is 5.75 Å². The Morgan fingerprint density at radius 2 is 2.27 bits per heavy atom. The van der Waals surface area contributed by atoms with Gasteiger partial charge in [-0.2, -0.15) is 0 Å². The summed E-state index contributed by atoms with van der Waals surface area (Å²) in [5.74, 6) is -1.99. The molecule has 82 valence electrons. The van der Waals surface area contributed by atoms with E-state index in [2.05, 4.69) is 10.2 Å². The molecule has 9 heteroatoms. The molecule has 8 nitrogen and oxygen atoms in total. The third kappa shape index (κ3) is 3.13. The second-order valence-corrected chi connectivity index (χ2v) is 3.49. The molecule has 0 radical (unpaired) electrons. The molecule has 0 saturated heterocycles. The van der Waals surface area contributed by atoms with E-state index in [1.54, 1.807) is 0 Å². The van der Waals surface area contributed by atoms with Crippen molar-refractivity contribution in [1.82, 2.24) is 14.8 Å². The van der Waals surface area contributed by atoms with Crippen molar-refractivity contribution in [3.8, 4) is 0 Å². The van der Waals surface area contributed by atoms with Crippen LogP contribution in [0.2, 0.25) is 0 Å². The Morgan fingerprint density at radius 3 is 2.80 bits per heavy atom. The van der Waals surface area contributed by atoms with Gasteiger partial charge in [0.2, 0.25) is 5.91 Å². The highest BCUT2D eigenvalue weighted by atomic mass is 32.2. The van der Waals surface area contributed by atoms with Crippen molar-refractivity contribution in [2.45, 2.75) is 11.7 Å². The third-order valence-corrected chi connectivity index (χ3v) is 2.32. The summed E-state index contributed by atoms with van der Waals surface area (Å²) < 4.78 is 0.982. The zero-order valence-corrected chi connectivity index (χ0v) is 8.28. The third-order valence-electron chi connectivity index (χ3n) is 1.36. The van der Waals surface area contributed by atoms with Crippen molar-refractivity contribution in [2.24, 2.45) is 5.73 Å². The first kappa shape index (κ1) is 11.3. The molecule has 1 rings (SSSR count). The molecular weight excluding hydrogens is 224 g/mol. The van der Waals surface area contributed by atoms with E-state index in [1.165, 1.54) is 0 Å². The largest absolute Gasteiger partial charge is 0.481 e. The summed E-state index contributed by atoms with van der Waals surface area (Å²) in [6.07, 6.45) is 0. The Labute approximate surface area is 87.5 Å². The van der Waals surface area contributed by atoms with Gasteiger partial charge in [-0.05, 0) is 0 Å². The zero-order valence-electron chi connectivity index (χ0n) is 7.47. The molecule has 1 heterocycles. The van der Waals surface area contributed by atoms with E-state index in [-0.39, 0.29) is 17.5 Å². The van der Waals surface area contributed by atoms with Crippen molar-refractivity contribution in [1.29, 1.82) is 0 Å².